The van der Waals surface area contributed by atoms with Crippen LogP contribution < -0.4 is 4.74 Å². The van der Waals surface area contributed by atoms with E-state index in [2.05, 4.69) is 10.1 Å². The van der Waals surface area contributed by atoms with Crippen molar-refractivity contribution in [3.8, 4) is 11.4 Å². The van der Waals surface area contributed by atoms with Crippen molar-refractivity contribution in [1.82, 2.24) is 14.8 Å². The van der Waals surface area contributed by atoms with Gasteiger partial charge in [-0.05, 0) is 66.2 Å². The number of rotatable bonds is 7. The zero-order valence-electron chi connectivity index (χ0n) is 16.3. The maximum atomic E-state index is 13.7. The Balaban J connectivity index is 1.36. The maximum absolute atomic E-state index is 13.7. The van der Waals surface area contributed by atoms with Gasteiger partial charge < -0.3 is 4.74 Å². The predicted octanol–water partition coefficient (Wildman–Crippen LogP) is 5.02. The maximum Gasteiger partial charge on any atom is 0.185 e. The second-order valence-corrected chi connectivity index (χ2v) is 6.68. The topological polar surface area (TPSA) is 57.0 Å². The van der Waals surface area contributed by atoms with Crippen LogP contribution in [0.4, 0.5) is 8.78 Å². The third kappa shape index (κ3) is 5.08. The molecule has 154 valence electrons. The van der Waals surface area contributed by atoms with Gasteiger partial charge in [0.15, 0.2) is 5.78 Å². The number of hydrogen-bond donors (Lipinski definition) is 0. The largest absolute Gasteiger partial charge is 0.489 e. The minimum absolute atomic E-state index is 0.0815. The van der Waals surface area contributed by atoms with Gasteiger partial charge in [-0.25, -0.2) is 18.4 Å². The van der Waals surface area contributed by atoms with Crippen molar-refractivity contribution in [1.29, 1.82) is 0 Å². The Bertz CT molecular complexity index is 1200. The molecular formula is C24H17F2N3O2. The molecule has 0 fully saturated rings. The van der Waals surface area contributed by atoms with Crippen LogP contribution in [-0.2, 0) is 6.61 Å². The number of carbonyl (C=O) groups is 1. The normalized spacial score (nSPS) is 11.0. The van der Waals surface area contributed by atoms with E-state index in [0.717, 1.165) is 29.4 Å². The molecular weight excluding hydrogens is 400 g/mol. The van der Waals surface area contributed by atoms with Crippen molar-refractivity contribution >= 4 is 11.9 Å². The van der Waals surface area contributed by atoms with E-state index in [0.29, 0.717) is 11.3 Å². The predicted molar refractivity (Wildman–Crippen MR) is 112 cm³/mol. The molecule has 0 aliphatic carbocycles. The van der Waals surface area contributed by atoms with E-state index in [4.69, 9.17) is 4.74 Å². The Morgan fingerprint density at radius 3 is 2.48 bits per heavy atom. The van der Waals surface area contributed by atoms with E-state index in [-0.39, 0.29) is 18.0 Å². The van der Waals surface area contributed by atoms with Gasteiger partial charge in [0.2, 0.25) is 0 Å². The zero-order chi connectivity index (χ0) is 21.6. The van der Waals surface area contributed by atoms with Gasteiger partial charge in [-0.3, -0.25) is 4.79 Å². The molecule has 0 bridgehead atoms. The molecule has 4 rings (SSSR count). The van der Waals surface area contributed by atoms with Gasteiger partial charge >= 0.3 is 0 Å². The van der Waals surface area contributed by atoms with Crippen LogP contribution in [0.3, 0.4) is 0 Å². The smallest absolute Gasteiger partial charge is 0.185 e. The fourth-order valence-corrected chi connectivity index (χ4v) is 2.88. The number of carbonyl (C=O) groups excluding carboxylic acids is 1. The van der Waals surface area contributed by atoms with E-state index >= 15 is 0 Å². The summed E-state index contributed by atoms with van der Waals surface area (Å²) in [6.07, 6.45) is 6.21. The van der Waals surface area contributed by atoms with E-state index in [1.165, 1.54) is 12.4 Å². The van der Waals surface area contributed by atoms with Crippen LogP contribution in [0, 0.1) is 11.6 Å². The highest BCUT2D eigenvalue weighted by atomic mass is 19.1. The van der Waals surface area contributed by atoms with Crippen molar-refractivity contribution in [3.05, 3.63) is 114 Å². The summed E-state index contributed by atoms with van der Waals surface area (Å²) < 4.78 is 34.0. The summed E-state index contributed by atoms with van der Waals surface area (Å²) in [6, 6.07) is 17.2. The molecule has 1 aromatic heterocycles. The van der Waals surface area contributed by atoms with Crippen molar-refractivity contribution in [2.75, 3.05) is 0 Å². The molecule has 31 heavy (non-hydrogen) atoms. The quantitative estimate of drug-likeness (QED) is 0.313. The van der Waals surface area contributed by atoms with Crippen LogP contribution >= 0.6 is 0 Å². The average molecular weight is 417 g/mol. The summed E-state index contributed by atoms with van der Waals surface area (Å²) in [5.41, 5.74) is 2.31. The van der Waals surface area contributed by atoms with E-state index in [1.807, 2.05) is 0 Å². The van der Waals surface area contributed by atoms with Crippen molar-refractivity contribution in [2.45, 2.75) is 6.61 Å². The van der Waals surface area contributed by atoms with Gasteiger partial charge in [0.25, 0.3) is 0 Å². The van der Waals surface area contributed by atoms with Crippen LogP contribution in [0.2, 0.25) is 0 Å². The Kier molecular flexibility index (Phi) is 5.93. The summed E-state index contributed by atoms with van der Waals surface area (Å²) >= 11 is 0. The third-order valence-corrected chi connectivity index (χ3v) is 4.54. The Labute approximate surface area is 177 Å². The fourth-order valence-electron chi connectivity index (χ4n) is 2.88. The minimum atomic E-state index is -0.520. The first kappa shape index (κ1) is 20.2. The molecule has 1 heterocycles. The number of halogens is 2. The average Bonchev–Trinajstić information content (AvgIpc) is 3.34. The summed E-state index contributed by atoms with van der Waals surface area (Å²) in [4.78, 5) is 16.3. The lowest BCUT2D eigenvalue weighted by Crippen LogP contribution is -1.99. The van der Waals surface area contributed by atoms with Gasteiger partial charge in [0, 0.05) is 11.1 Å². The number of hydrogen-bond acceptors (Lipinski definition) is 4. The minimum Gasteiger partial charge on any atom is -0.489 e. The molecule has 0 N–H and O–H groups in total. The zero-order valence-corrected chi connectivity index (χ0v) is 16.3. The molecule has 0 saturated carbocycles. The van der Waals surface area contributed by atoms with Gasteiger partial charge in [-0.2, -0.15) is 5.10 Å². The number of ketones is 1. The monoisotopic (exact) mass is 417 g/mol. The lowest BCUT2D eigenvalue weighted by atomic mass is 10.1. The molecule has 7 heteroatoms. The number of aromatic nitrogens is 3. The first-order valence-corrected chi connectivity index (χ1v) is 9.43. The Morgan fingerprint density at radius 1 is 1.00 bits per heavy atom. The van der Waals surface area contributed by atoms with Crippen LogP contribution in [0.1, 0.15) is 21.5 Å². The molecule has 3 aromatic carbocycles. The number of ether oxygens (including phenoxy) is 1. The number of nitrogens with zero attached hydrogens (tertiary/aromatic N) is 3. The molecule has 0 aliphatic heterocycles. The second-order valence-electron chi connectivity index (χ2n) is 6.68. The highest BCUT2D eigenvalue weighted by molar-refractivity contribution is 6.06. The van der Waals surface area contributed by atoms with E-state index in [9.17, 15) is 13.6 Å². The van der Waals surface area contributed by atoms with Gasteiger partial charge in [-0.15, -0.1) is 0 Å². The summed E-state index contributed by atoms with van der Waals surface area (Å²) in [6.45, 7) is -0.0815. The molecule has 0 saturated heterocycles. The molecule has 0 unspecified atom stereocenters. The molecule has 0 aliphatic rings. The number of allylic oxidation sites excluding steroid dienone is 1. The molecule has 4 aromatic rings. The number of benzene rings is 3. The standard InChI is InChI=1S/C24H17F2N3O2/c25-20-6-11-23(26)19(13-20)14-31-22-9-1-17(2-10-22)3-12-24(30)18-4-7-21(8-5-18)29-16-27-15-28-29/h1-13,15-16H,14H2/b12-3+. The molecule has 0 radical (unpaired) electrons. The SMILES string of the molecule is O=C(/C=C/c1ccc(OCc2cc(F)ccc2F)cc1)c1ccc(-n2cncn2)cc1. The lowest BCUT2D eigenvalue weighted by molar-refractivity contribution is 0.104. The lowest BCUT2D eigenvalue weighted by Gasteiger charge is -2.07. The highest BCUT2D eigenvalue weighted by Gasteiger charge is 2.06. The fraction of sp³-hybridized carbons (Fsp3) is 0.0417. The van der Waals surface area contributed by atoms with Gasteiger partial charge in [0.1, 0.15) is 36.6 Å². The second kappa shape index (κ2) is 9.13. The Hall–Kier alpha value is -4.13. The van der Waals surface area contributed by atoms with Crippen molar-refractivity contribution in [3.63, 3.8) is 0 Å². The first-order valence-electron chi connectivity index (χ1n) is 9.43. The molecule has 5 nitrogen and oxygen atoms in total. The van der Waals surface area contributed by atoms with Crippen LogP contribution in [-0.4, -0.2) is 20.5 Å². The van der Waals surface area contributed by atoms with Crippen LogP contribution in [0.25, 0.3) is 11.8 Å². The van der Waals surface area contributed by atoms with E-state index < -0.39 is 11.6 Å². The summed E-state index contributed by atoms with van der Waals surface area (Å²) in [7, 11) is 0. The Morgan fingerprint density at radius 2 is 1.77 bits per heavy atom. The van der Waals surface area contributed by atoms with Crippen LogP contribution in [0.5, 0.6) is 5.75 Å². The molecule has 0 atom stereocenters. The molecule has 0 amide bonds. The van der Waals surface area contributed by atoms with Gasteiger partial charge in [-0.1, -0.05) is 18.2 Å². The third-order valence-electron chi connectivity index (χ3n) is 4.54. The van der Waals surface area contributed by atoms with Gasteiger partial charge in [0.05, 0.1) is 5.69 Å². The van der Waals surface area contributed by atoms with Crippen molar-refractivity contribution < 1.29 is 18.3 Å². The summed E-state index contributed by atoms with van der Waals surface area (Å²) in [5, 5.41) is 4.04. The van der Waals surface area contributed by atoms with Crippen molar-refractivity contribution in [2.24, 2.45) is 0 Å². The van der Waals surface area contributed by atoms with Crippen LogP contribution in [0.15, 0.2) is 85.5 Å². The summed E-state index contributed by atoms with van der Waals surface area (Å²) in [5.74, 6) is -0.658. The first-order chi connectivity index (χ1) is 15.1. The molecule has 0 spiro atoms. The highest BCUT2D eigenvalue weighted by Crippen LogP contribution is 2.17. The van der Waals surface area contributed by atoms with E-state index in [1.54, 1.807) is 65.6 Å².